The molecule has 0 saturated heterocycles. The quantitative estimate of drug-likeness (QED) is 0.332. The molecule has 0 radical (unpaired) electrons. The summed E-state index contributed by atoms with van der Waals surface area (Å²) in [5.74, 6) is -0.784. The Balaban J connectivity index is 3.09. The molecule has 0 amide bonds. The molecule has 0 saturated carbocycles. The number of carbonyl (C=O) groups is 2. The summed E-state index contributed by atoms with van der Waals surface area (Å²) in [5, 5.41) is 10.7. The van der Waals surface area contributed by atoms with Crippen LogP contribution in [0.4, 0.5) is 5.69 Å². The van der Waals surface area contributed by atoms with Gasteiger partial charge in [0.15, 0.2) is 11.9 Å². The Kier molecular flexibility index (Phi) is 5.83. The summed E-state index contributed by atoms with van der Waals surface area (Å²) in [5.41, 5.74) is -0.149. The minimum atomic E-state index is -0.857. The van der Waals surface area contributed by atoms with Crippen molar-refractivity contribution in [2.45, 2.75) is 33.3 Å². The average molecular weight is 295 g/mol. The topological polar surface area (TPSA) is 95.7 Å². The molecule has 21 heavy (non-hydrogen) atoms. The first-order valence-electron chi connectivity index (χ1n) is 6.53. The molecule has 0 aliphatic carbocycles. The average Bonchev–Trinajstić information content (AvgIpc) is 2.44. The molecule has 0 N–H and O–H groups in total. The molecule has 1 unspecified atom stereocenters. The summed E-state index contributed by atoms with van der Waals surface area (Å²) in [6.45, 7) is 4.91. The number of nitro benzene ring substituents is 1. The predicted molar refractivity (Wildman–Crippen MR) is 74.4 cm³/mol. The third-order valence-electron chi connectivity index (χ3n) is 2.74. The van der Waals surface area contributed by atoms with E-state index in [1.807, 2.05) is 0 Å². The second kappa shape index (κ2) is 7.37. The number of non-ortho nitro benzene ring substituents is 1. The van der Waals surface area contributed by atoms with Crippen molar-refractivity contribution in [1.29, 1.82) is 0 Å². The van der Waals surface area contributed by atoms with E-state index in [9.17, 15) is 19.7 Å². The number of hydrogen-bond acceptors (Lipinski definition) is 6. The second-order valence-electron chi connectivity index (χ2n) is 4.26. The van der Waals surface area contributed by atoms with Gasteiger partial charge in [0.1, 0.15) is 5.75 Å². The number of Topliss-reactive ketones (excluding diaryl/α,β-unsaturated/α-hetero) is 1. The molecule has 7 heteroatoms. The van der Waals surface area contributed by atoms with Crippen LogP contribution in [0.1, 0.15) is 37.6 Å². The third kappa shape index (κ3) is 4.27. The van der Waals surface area contributed by atoms with Crippen LogP contribution in [0.15, 0.2) is 18.2 Å². The molecule has 0 aliphatic rings. The normalized spacial score (nSPS) is 11.6. The summed E-state index contributed by atoms with van der Waals surface area (Å²) >= 11 is 0. The lowest BCUT2D eigenvalue weighted by molar-refractivity contribution is -0.384. The van der Waals surface area contributed by atoms with E-state index in [-0.39, 0.29) is 29.4 Å². The van der Waals surface area contributed by atoms with Crippen molar-refractivity contribution in [3.05, 3.63) is 33.9 Å². The number of ketones is 1. The Morgan fingerprint density at radius 2 is 2.00 bits per heavy atom. The van der Waals surface area contributed by atoms with Crippen LogP contribution in [0.25, 0.3) is 0 Å². The Bertz CT molecular complexity index is 554. The predicted octanol–water partition coefficient (Wildman–Crippen LogP) is 2.52. The Morgan fingerprint density at radius 3 is 2.48 bits per heavy atom. The minimum Gasteiger partial charge on any atom is -0.478 e. The van der Waals surface area contributed by atoms with Gasteiger partial charge in [-0.1, -0.05) is 6.92 Å². The smallest absolute Gasteiger partial charge is 0.347 e. The van der Waals surface area contributed by atoms with Crippen molar-refractivity contribution in [3.63, 3.8) is 0 Å². The number of hydrogen-bond donors (Lipinski definition) is 0. The molecule has 1 aromatic rings. The van der Waals surface area contributed by atoms with E-state index in [4.69, 9.17) is 9.47 Å². The van der Waals surface area contributed by atoms with E-state index in [1.54, 1.807) is 13.8 Å². The maximum Gasteiger partial charge on any atom is 0.347 e. The number of benzene rings is 1. The van der Waals surface area contributed by atoms with Gasteiger partial charge in [-0.2, -0.15) is 0 Å². The SMILES string of the molecule is CCOC(=O)C(CC)Oc1ccc([N+](=O)[O-])cc1C(C)=O. The van der Waals surface area contributed by atoms with Crippen molar-refractivity contribution in [2.75, 3.05) is 6.61 Å². The molecule has 1 atom stereocenters. The Morgan fingerprint density at radius 1 is 1.33 bits per heavy atom. The van der Waals surface area contributed by atoms with E-state index in [2.05, 4.69) is 0 Å². The zero-order valence-electron chi connectivity index (χ0n) is 12.1. The first kappa shape index (κ1) is 16.6. The fourth-order valence-electron chi connectivity index (χ4n) is 1.70. The van der Waals surface area contributed by atoms with E-state index in [0.29, 0.717) is 6.42 Å². The van der Waals surface area contributed by atoms with Crippen LogP contribution in [0.5, 0.6) is 5.75 Å². The Hall–Kier alpha value is -2.44. The van der Waals surface area contributed by atoms with Crippen LogP contribution in [0, 0.1) is 10.1 Å². The molecule has 7 nitrogen and oxygen atoms in total. The standard InChI is InChI=1S/C14H17NO6/c1-4-12(14(17)20-5-2)21-13-7-6-10(15(18)19)8-11(13)9(3)16/h6-8,12H,4-5H2,1-3H3. The third-order valence-corrected chi connectivity index (χ3v) is 2.74. The van der Waals surface area contributed by atoms with E-state index in [0.717, 1.165) is 6.07 Å². The molecule has 0 heterocycles. The van der Waals surface area contributed by atoms with Gasteiger partial charge in [-0.15, -0.1) is 0 Å². The molecular weight excluding hydrogens is 278 g/mol. The molecule has 0 bridgehead atoms. The summed E-state index contributed by atoms with van der Waals surface area (Å²) in [6.07, 6.45) is -0.503. The lowest BCUT2D eigenvalue weighted by Gasteiger charge is -2.17. The highest BCUT2D eigenvalue weighted by molar-refractivity contribution is 5.97. The van der Waals surface area contributed by atoms with Crippen molar-refractivity contribution >= 4 is 17.4 Å². The van der Waals surface area contributed by atoms with Gasteiger partial charge in [0.2, 0.25) is 0 Å². The highest BCUT2D eigenvalue weighted by Crippen LogP contribution is 2.26. The van der Waals surface area contributed by atoms with Crippen LogP contribution in [-0.4, -0.2) is 29.4 Å². The summed E-state index contributed by atoms with van der Waals surface area (Å²) in [7, 11) is 0. The van der Waals surface area contributed by atoms with E-state index in [1.165, 1.54) is 19.1 Å². The number of carbonyl (C=O) groups excluding carboxylic acids is 2. The fourth-order valence-corrected chi connectivity index (χ4v) is 1.70. The first-order chi connectivity index (χ1) is 9.90. The molecular formula is C14H17NO6. The lowest BCUT2D eigenvalue weighted by atomic mass is 10.1. The first-order valence-corrected chi connectivity index (χ1v) is 6.53. The maximum absolute atomic E-state index is 11.7. The van der Waals surface area contributed by atoms with Crippen molar-refractivity contribution in [2.24, 2.45) is 0 Å². The highest BCUT2D eigenvalue weighted by atomic mass is 16.6. The maximum atomic E-state index is 11.7. The van der Waals surface area contributed by atoms with Crippen molar-refractivity contribution < 1.29 is 24.0 Å². The van der Waals surface area contributed by atoms with Gasteiger partial charge in [0, 0.05) is 12.1 Å². The van der Waals surface area contributed by atoms with Gasteiger partial charge in [0.25, 0.3) is 5.69 Å². The lowest BCUT2D eigenvalue weighted by Crippen LogP contribution is -2.29. The van der Waals surface area contributed by atoms with E-state index >= 15 is 0 Å². The number of rotatable bonds is 7. The summed E-state index contributed by atoms with van der Waals surface area (Å²) < 4.78 is 10.4. The van der Waals surface area contributed by atoms with Gasteiger partial charge >= 0.3 is 5.97 Å². The summed E-state index contributed by atoms with van der Waals surface area (Å²) in [6, 6.07) is 3.67. The van der Waals surface area contributed by atoms with Crippen molar-refractivity contribution in [1.82, 2.24) is 0 Å². The number of esters is 1. The molecule has 0 aromatic heterocycles. The number of nitro groups is 1. The fraction of sp³-hybridized carbons (Fsp3) is 0.429. The molecule has 1 aromatic carbocycles. The second-order valence-corrected chi connectivity index (χ2v) is 4.26. The van der Waals surface area contributed by atoms with Crippen LogP contribution in [0.2, 0.25) is 0 Å². The largest absolute Gasteiger partial charge is 0.478 e. The van der Waals surface area contributed by atoms with Gasteiger partial charge in [0.05, 0.1) is 17.1 Å². The van der Waals surface area contributed by atoms with E-state index < -0.39 is 17.0 Å². The van der Waals surface area contributed by atoms with Crippen LogP contribution in [0.3, 0.4) is 0 Å². The minimum absolute atomic E-state index is 0.0620. The van der Waals surface area contributed by atoms with Crippen LogP contribution < -0.4 is 4.74 Å². The van der Waals surface area contributed by atoms with Gasteiger partial charge in [-0.25, -0.2) is 4.79 Å². The molecule has 114 valence electrons. The molecule has 0 spiro atoms. The Labute approximate surface area is 122 Å². The van der Waals surface area contributed by atoms with Gasteiger partial charge in [-0.3, -0.25) is 14.9 Å². The highest BCUT2D eigenvalue weighted by Gasteiger charge is 2.23. The molecule has 1 rings (SSSR count). The van der Waals surface area contributed by atoms with Crippen LogP contribution in [-0.2, 0) is 9.53 Å². The number of nitrogens with zero attached hydrogens (tertiary/aromatic N) is 1. The zero-order valence-corrected chi connectivity index (χ0v) is 12.1. The molecule has 0 aliphatic heterocycles. The van der Waals surface area contributed by atoms with Gasteiger partial charge < -0.3 is 9.47 Å². The summed E-state index contributed by atoms with van der Waals surface area (Å²) in [4.78, 5) is 33.4. The number of ether oxygens (including phenoxy) is 2. The monoisotopic (exact) mass is 295 g/mol. The van der Waals surface area contributed by atoms with Crippen LogP contribution >= 0.6 is 0 Å². The molecule has 0 fully saturated rings. The van der Waals surface area contributed by atoms with Gasteiger partial charge in [-0.05, 0) is 26.3 Å². The zero-order chi connectivity index (χ0) is 16.0. The van der Waals surface area contributed by atoms with Crippen molar-refractivity contribution in [3.8, 4) is 5.75 Å².